The molecular weight excluding hydrogens is 435 g/mol. The fourth-order valence-corrected chi connectivity index (χ4v) is 4.88. The lowest BCUT2D eigenvalue weighted by molar-refractivity contribution is -0.192. The summed E-state index contributed by atoms with van der Waals surface area (Å²) >= 11 is 1.77. The molecule has 0 atom stereocenters. The van der Waals surface area contributed by atoms with Crippen molar-refractivity contribution in [1.29, 1.82) is 0 Å². The van der Waals surface area contributed by atoms with E-state index in [4.69, 9.17) is 15.6 Å². The average Bonchev–Trinajstić information content (AvgIpc) is 3.40. The van der Waals surface area contributed by atoms with Gasteiger partial charge in [0.2, 0.25) is 0 Å². The number of halogens is 3. The average molecular weight is 459 g/mol. The van der Waals surface area contributed by atoms with Crippen LogP contribution in [0, 0.1) is 0 Å². The molecule has 1 saturated heterocycles. The monoisotopic (exact) mass is 459 g/mol. The molecule has 4 rings (SSSR count). The molecule has 0 saturated carbocycles. The summed E-state index contributed by atoms with van der Waals surface area (Å²) in [6, 6.07) is 0.318. The summed E-state index contributed by atoms with van der Waals surface area (Å²) in [6.07, 6.45) is 3.37. The number of carboxylic acid groups (broad SMARTS) is 1. The number of nitrogens with zero attached hydrogens (tertiary/aromatic N) is 4. The number of aromatic nitrogens is 3. The minimum atomic E-state index is -5.08. The number of fused-ring (bicyclic) bond motifs is 1. The van der Waals surface area contributed by atoms with E-state index in [1.54, 1.807) is 11.3 Å². The Bertz CT molecular complexity index is 919. The van der Waals surface area contributed by atoms with Crippen LogP contribution in [0.2, 0.25) is 0 Å². The normalized spacial score (nSPS) is 17.0. The summed E-state index contributed by atoms with van der Waals surface area (Å²) in [5.41, 5.74) is 8.69. The van der Waals surface area contributed by atoms with Gasteiger partial charge in [-0.15, -0.1) is 16.4 Å². The molecule has 2 aromatic rings. The molecule has 12 heteroatoms. The van der Waals surface area contributed by atoms with Crippen LogP contribution in [0.3, 0.4) is 0 Å². The Morgan fingerprint density at radius 2 is 1.87 bits per heavy atom. The molecule has 0 unspecified atom stereocenters. The Morgan fingerprint density at radius 3 is 2.45 bits per heavy atom. The van der Waals surface area contributed by atoms with E-state index in [2.05, 4.69) is 15.7 Å². The highest BCUT2D eigenvalue weighted by Gasteiger charge is 2.38. The van der Waals surface area contributed by atoms with Gasteiger partial charge < -0.3 is 15.7 Å². The second-order valence-corrected chi connectivity index (χ2v) is 8.44. The maximum Gasteiger partial charge on any atom is 0.490 e. The number of thiophene rings is 1. The largest absolute Gasteiger partial charge is 0.490 e. The van der Waals surface area contributed by atoms with Crippen molar-refractivity contribution in [3.05, 3.63) is 33.3 Å². The molecule has 1 aliphatic carbocycles. The van der Waals surface area contributed by atoms with Crippen molar-refractivity contribution in [3.63, 3.8) is 0 Å². The molecule has 0 aromatic carbocycles. The van der Waals surface area contributed by atoms with Gasteiger partial charge in [0.1, 0.15) is 0 Å². The summed E-state index contributed by atoms with van der Waals surface area (Å²) in [4.78, 5) is 25.2. The van der Waals surface area contributed by atoms with Gasteiger partial charge in [-0.2, -0.15) is 13.2 Å². The third kappa shape index (κ3) is 5.62. The highest BCUT2D eigenvalue weighted by molar-refractivity contribution is 7.10. The van der Waals surface area contributed by atoms with Crippen LogP contribution in [0.15, 0.2) is 11.6 Å². The molecule has 2 aliphatic rings. The first-order valence-electron chi connectivity index (χ1n) is 10.00. The number of aliphatic carboxylic acids is 1. The predicted octanol–water partition coefficient (Wildman–Crippen LogP) is 2.79. The van der Waals surface area contributed by atoms with Crippen LogP contribution in [-0.4, -0.2) is 56.1 Å². The molecule has 3 heterocycles. The maximum absolute atomic E-state index is 12.9. The second-order valence-electron chi connectivity index (χ2n) is 7.48. The fourth-order valence-electron chi connectivity index (χ4n) is 3.76. The van der Waals surface area contributed by atoms with Crippen LogP contribution in [0.5, 0.6) is 0 Å². The van der Waals surface area contributed by atoms with Crippen LogP contribution in [0.4, 0.5) is 13.2 Å². The van der Waals surface area contributed by atoms with Gasteiger partial charge >= 0.3 is 12.1 Å². The molecule has 3 N–H and O–H groups in total. The molecule has 170 valence electrons. The summed E-state index contributed by atoms with van der Waals surface area (Å²) in [5, 5.41) is 17.4. The molecule has 0 radical (unpaired) electrons. The van der Waals surface area contributed by atoms with Crippen molar-refractivity contribution in [2.45, 2.75) is 57.3 Å². The summed E-state index contributed by atoms with van der Waals surface area (Å²) < 4.78 is 33.6. The first kappa shape index (κ1) is 23.2. The van der Waals surface area contributed by atoms with Crippen molar-refractivity contribution in [3.8, 4) is 0 Å². The number of alkyl halides is 3. The van der Waals surface area contributed by atoms with E-state index in [1.807, 2.05) is 15.8 Å². The molecular formula is C19H24F3N5O3S. The molecule has 2 aromatic heterocycles. The smallest absolute Gasteiger partial charge is 0.475 e. The fraction of sp³-hybridized carbons (Fsp3) is 0.579. The maximum atomic E-state index is 12.9. The van der Waals surface area contributed by atoms with E-state index in [0.717, 1.165) is 50.0 Å². The van der Waals surface area contributed by atoms with Crippen molar-refractivity contribution < 1.29 is 27.9 Å². The zero-order valence-electron chi connectivity index (χ0n) is 16.8. The number of likely N-dealkylation sites (tertiary alicyclic amines) is 1. The molecule has 1 amide bonds. The minimum absolute atomic E-state index is 0.217. The molecule has 8 nitrogen and oxygen atoms in total. The van der Waals surface area contributed by atoms with Crippen LogP contribution in [-0.2, 0) is 24.2 Å². The Morgan fingerprint density at radius 1 is 1.23 bits per heavy atom. The van der Waals surface area contributed by atoms with E-state index >= 15 is 0 Å². The molecule has 1 fully saturated rings. The first-order valence-corrected chi connectivity index (χ1v) is 10.9. The number of rotatable bonds is 3. The molecule has 31 heavy (non-hydrogen) atoms. The predicted molar refractivity (Wildman–Crippen MR) is 107 cm³/mol. The van der Waals surface area contributed by atoms with Crippen LogP contribution in [0.25, 0.3) is 0 Å². The summed E-state index contributed by atoms with van der Waals surface area (Å²) in [6.45, 7) is 1.98. The number of piperidine rings is 1. The Balaban J connectivity index is 0.000000339. The van der Waals surface area contributed by atoms with E-state index in [1.165, 1.54) is 23.3 Å². The van der Waals surface area contributed by atoms with Crippen LogP contribution >= 0.6 is 11.3 Å². The topological polar surface area (TPSA) is 114 Å². The van der Waals surface area contributed by atoms with E-state index in [-0.39, 0.29) is 5.91 Å². The van der Waals surface area contributed by atoms with Gasteiger partial charge in [-0.25, -0.2) is 9.48 Å². The summed E-state index contributed by atoms with van der Waals surface area (Å²) in [5.74, 6) is -2.54. The zero-order valence-corrected chi connectivity index (χ0v) is 17.6. The SMILES string of the molecule is NCc1cn(C2CCN(C(=O)c3csc4c3CCCC4)CC2)nn1.O=C(O)C(F)(F)F. The minimum Gasteiger partial charge on any atom is -0.475 e. The number of carboxylic acids is 1. The van der Waals surface area contributed by atoms with E-state index < -0.39 is 12.1 Å². The highest BCUT2D eigenvalue weighted by Crippen LogP contribution is 2.32. The van der Waals surface area contributed by atoms with Gasteiger partial charge in [0.25, 0.3) is 5.91 Å². The number of carbonyl (C=O) groups is 2. The number of aryl methyl sites for hydroxylation is 1. The number of amides is 1. The Labute approximate surface area is 180 Å². The Kier molecular flexibility index (Phi) is 7.31. The van der Waals surface area contributed by atoms with Gasteiger partial charge in [0.05, 0.1) is 23.5 Å². The lowest BCUT2D eigenvalue weighted by Gasteiger charge is -2.32. The Hall–Kier alpha value is -2.47. The number of nitrogens with two attached hydrogens (primary N) is 1. The lowest BCUT2D eigenvalue weighted by atomic mass is 9.95. The standard InChI is InChI=1S/C17H23N5OS.C2HF3O2/c18-9-12-10-22(20-19-12)13-5-7-21(8-6-13)17(23)15-11-24-16-4-2-1-3-14(15)16;3-2(4,5)1(6)7/h10-11,13H,1-9,18H2;(H,6,7). The van der Waals surface area contributed by atoms with Gasteiger partial charge in [-0.1, -0.05) is 5.21 Å². The molecule has 0 bridgehead atoms. The van der Waals surface area contributed by atoms with E-state index in [0.29, 0.717) is 12.6 Å². The van der Waals surface area contributed by atoms with Crippen molar-refractivity contribution in [2.24, 2.45) is 5.73 Å². The zero-order chi connectivity index (χ0) is 22.6. The lowest BCUT2D eigenvalue weighted by Crippen LogP contribution is -2.39. The van der Waals surface area contributed by atoms with Gasteiger partial charge in [0.15, 0.2) is 0 Å². The molecule has 0 spiro atoms. The van der Waals surface area contributed by atoms with E-state index in [9.17, 15) is 18.0 Å². The quantitative estimate of drug-likeness (QED) is 0.730. The van der Waals surface area contributed by atoms with Crippen molar-refractivity contribution in [1.82, 2.24) is 19.9 Å². The summed E-state index contributed by atoms with van der Waals surface area (Å²) in [7, 11) is 0. The number of hydrogen-bond acceptors (Lipinski definition) is 6. The van der Waals surface area contributed by atoms with Gasteiger partial charge in [-0.05, 0) is 44.1 Å². The van der Waals surface area contributed by atoms with Gasteiger partial charge in [-0.3, -0.25) is 4.79 Å². The third-order valence-corrected chi connectivity index (χ3v) is 6.52. The van der Waals surface area contributed by atoms with Crippen LogP contribution in [0.1, 0.15) is 58.2 Å². The highest BCUT2D eigenvalue weighted by atomic mass is 32.1. The third-order valence-electron chi connectivity index (χ3n) is 5.43. The number of hydrogen-bond donors (Lipinski definition) is 2. The molecule has 1 aliphatic heterocycles. The van der Waals surface area contributed by atoms with Gasteiger partial charge in [0, 0.05) is 29.9 Å². The van der Waals surface area contributed by atoms with Crippen molar-refractivity contribution >= 4 is 23.2 Å². The first-order chi connectivity index (χ1) is 14.7. The second kappa shape index (κ2) is 9.77. The number of carbonyl (C=O) groups excluding carboxylic acids is 1. The van der Waals surface area contributed by atoms with Crippen LogP contribution < -0.4 is 5.73 Å². The van der Waals surface area contributed by atoms with Crippen molar-refractivity contribution in [2.75, 3.05) is 13.1 Å².